The number of benzene rings is 2. The van der Waals surface area contributed by atoms with E-state index in [9.17, 15) is 0 Å². The SMILES string of the molecule is CCc1cc(Br)ccc1N1Cc2ccc(N)cc2C1. The Balaban J connectivity index is 1.94. The zero-order chi connectivity index (χ0) is 13.4. The van der Waals surface area contributed by atoms with Crippen molar-refractivity contribution in [2.75, 3.05) is 10.6 Å². The molecule has 0 aromatic heterocycles. The second kappa shape index (κ2) is 4.89. The monoisotopic (exact) mass is 316 g/mol. The molecule has 2 nitrogen and oxygen atoms in total. The van der Waals surface area contributed by atoms with Crippen LogP contribution >= 0.6 is 15.9 Å². The van der Waals surface area contributed by atoms with Gasteiger partial charge in [0.05, 0.1) is 0 Å². The van der Waals surface area contributed by atoms with E-state index < -0.39 is 0 Å². The van der Waals surface area contributed by atoms with Crippen molar-refractivity contribution in [3.05, 3.63) is 57.6 Å². The van der Waals surface area contributed by atoms with Crippen LogP contribution < -0.4 is 10.6 Å². The van der Waals surface area contributed by atoms with Crippen molar-refractivity contribution in [3.8, 4) is 0 Å². The molecule has 1 aliphatic rings. The average Bonchev–Trinajstić information content (AvgIpc) is 2.81. The maximum Gasteiger partial charge on any atom is 0.0437 e. The van der Waals surface area contributed by atoms with E-state index in [0.717, 1.165) is 29.7 Å². The first-order valence-electron chi connectivity index (χ1n) is 6.58. The molecule has 0 bridgehead atoms. The lowest BCUT2D eigenvalue weighted by Gasteiger charge is -2.21. The molecule has 19 heavy (non-hydrogen) atoms. The molecule has 98 valence electrons. The van der Waals surface area contributed by atoms with Gasteiger partial charge in [-0.15, -0.1) is 0 Å². The highest BCUT2D eigenvalue weighted by Crippen LogP contribution is 2.33. The van der Waals surface area contributed by atoms with Crippen molar-refractivity contribution in [1.82, 2.24) is 0 Å². The fraction of sp³-hybridized carbons (Fsp3) is 0.250. The number of fused-ring (bicyclic) bond motifs is 1. The molecule has 0 amide bonds. The van der Waals surface area contributed by atoms with Gasteiger partial charge in [0.2, 0.25) is 0 Å². The van der Waals surface area contributed by atoms with Gasteiger partial charge in [-0.1, -0.05) is 28.9 Å². The molecule has 1 heterocycles. The van der Waals surface area contributed by atoms with Crippen LogP contribution in [0.2, 0.25) is 0 Å². The minimum atomic E-state index is 0.854. The van der Waals surface area contributed by atoms with Crippen molar-refractivity contribution in [2.24, 2.45) is 0 Å². The van der Waals surface area contributed by atoms with Crippen molar-refractivity contribution in [1.29, 1.82) is 0 Å². The quantitative estimate of drug-likeness (QED) is 0.845. The molecular formula is C16H17BrN2. The van der Waals surface area contributed by atoms with Crippen molar-refractivity contribution in [2.45, 2.75) is 26.4 Å². The summed E-state index contributed by atoms with van der Waals surface area (Å²) in [6.07, 6.45) is 1.05. The van der Waals surface area contributed by atoms with Gasteiger partial charge < -0.3 is 10.6 Å². The number of halogens is 1. The predicted octanol–water partition coefficient (Wildman–Crippen LogP) is 4.11. The van der Waals surface area contributed by atoms with Crippen molar-refractivity contribution < 1.29 is 0 Å². The van der Waals surface area contributed by atoms with E-state index in [-0.39, 0.29) is 0 Å². The van der Waals surface area contributed by atoms with Gasteiger partial charge in [0, 0.05) is 28.9 Å². The first-order valence-corrected chi connectivity index (χ1v) is 7.37. The van der Waals surface area contributed by atoms with Gasteiger partial charge in [0.25, 0.3) is 0 Å². The second-order valence-electron chi connectivity index (χ2n) is 5.01. The summed E-state index contributed by atoms with van der Waals surface area (Å²) in [6.45, 7) is 4.13. The Labute approximate surface area is 122 Å². The molecule has 0 fully saturated rings. The molecular weight excluding hydrogens is 300 g/mol. The lowest BCUT2D eigenvalue weighted by Crippen LogP contribution is -2.16. The Morgan fingerprint density at radius 1 is 1.11 bits per heavy atom. The third kappa shape index (κ3) is 2.35. The largest absolute Gasteiger partial charge is 0.399 e. The van der Waals surface area contributed by atoms with E-state index in [4.69, 9.17) is 5.73 Å². The number of nitrogens with zero attached hydrogens (tertiary/aromatic N) is 1. The summed E-state index contributed by atoms with van der Waals surface area (Å²) in [6, 6.07) is 12.8. The second-order valence-corrected chi connectivity index (χ2v) is 5.93. The summed E-state index contributed by atoms with van der Waals surface area (Å²) in [5.74, 6) is 0. The minimum Gasteiger partial charge on any atom is -0.399 e. The van der Waals surface area contributed by atoms with Crippen LogP contribution in [-0.4, -0.2) is 0 Å². The number of nitrogen functional groups attached to an aromatic ring is 1. The maximum atomic E-state index is 5.87. The van der Waals surface area contributed by atoms with Gasteiger partial charge in [-0.05, 0) is 53.4 Å². The van der Waals surface area contributed by atoms with E-state index in [1.54, 1.807) is 0 Å². The predicted molar refractivity (Wildman–Crippen MR) is 84.3 cm³/mol. The van der Waals surface area contributed by atoms with Crippen LogP contribution in [0.15, 0.2) is 40.9 Å². The Morgan fingerprint density at radius 2 is 1.89 bits per heavy atom. The minimum absolute atomic E-state index is 0.854. The third-order valence-corrected chi connectivity index (χ3v) is 4.21. The molecule has 3 rings (SSSR count). The Morgan fingerprint density at radius 3 is 2.68 bits per heavy atom. The fourth-order valence-electron chi connectivity index (χ4n) is 2.73. The maximum absolute atomic E-state index is 5.87. The summed E-state index contributed by atoms with van der Waals surface area (Å²) in [5.41, 5.74) is 12.2. The van der Waals surface area contributed by atoms with Crippen LogP contribution in [-0.2, 0) is 19.5 Å². The van der Waals surface area contributed by atoms with Crippen LogP contribution in [0, 0.1) is 0 Å². The number of aryl methyl sites for hydroxylation is 1. The molecule has 0 spiro atoms. The molecule has 0 saturated heterocycles. The lowest BCUT2D eigenvalue weighted by atomic mass is 10.1. The smallest absolute Gasteiger partial charge is 0.0437 e. The number of rotatable bonds is 2. The van der Waals surface area contributed by atoms with Gasteiger partial charge in [0.1, 0.15) is 0 Å². The number of anilines is 2. The lowest BCUT2D eigenvalue weighted by molar-refractivity contribution is 0.868. The van der Waals surface area contributed by atoms with Gasteiger partial charge in [0.15, 0.2) is 0 Å². The summed E-state index contributed by atoms with van der Waals surface area (Å²) in [4.78, 5) is 2.43. The third-order valence-electron chi connectivity index (χ3n) is 3.72. The summed E-state index contributed by atoms with van der Waals surface area (Å²) >= 11 is 3.55. The van der Waals surface area contributed by atoms with E-state index in [1.807, 2.05) is 6.07 Å². The highest BCUT2D eigenvalue weighted by molar-refractivity contribution is 9.10. The van der Waals surface area contributed by atoms with Crippen LogP contribution in [0.1, 0.15) is 23.6 Å². The normalized spacial score (nSPS) is 13.7. The average molecular weight is 317 g/mol. The van der Waals surface area contributed by atoms with Crippen molar-refractivity contribution in [3.63, 3.8) is 0 Å². The Bertz CT molecular complexity index is 622. The van der Waals surface area contributed by atoms with Crippen LogP contribution in [0.25, 0.3) is 0 Å². The molecule has 0 unspecified atom stereocenters. The molecule has 0 atom stereocenters. The topological polar surface area (TPSA) is 29.3 Å². The van der Waals surface area contributed by atoms with E-state index in [1.165, 1.54) is 22.4 Å². The first-order chi connectivity index (χ1) is 9.17. The Hall–Kier alpha value is -1.48. The zero-order valence-corrected chi connectivity index (χ0v) is 12.6. The molecule has 2 aromatic rings. The summed E-state index contributed by atoms with van der Waals surface area (Å²) in [7, 11) is 0. The fourth-order valence-corrected chi connectivity index (χ4v) is 3.14. The van der Waals surface area contributed by atoms with Gasteiger partial charge in [-0.25, -0.2) is 0 Å². The van der Waals surface area contributed by atoms with Gasteiger partial charge >= 0.3 is 0 Å². The van der Waals surface area contributed by atoms with Crippen LogP contribution in [0.3, 0.4) is 0 Å². The molecule has 3 heteroatoms. The summed E-state index contributed by atoms with van der Waals surface area (Å²) < 4.78 is 1.15. The van der Waals surface area contributed by atoms with E-state index >= 15 is 0 Å². The highest BCUT2D eigenvalue weighted by Gasteiger charge is 2.20. The van der Waals surface area contributed by atoms with Gasteiger partial charge in [-0.2, -0.15) is 0 Å². The van der Waals surface area contributed by atoms with Crippen LogP contribution in [0.4, 0.5) is 11.4 Å². The Kier molecular flexibility index (Phi) is 3.23. The first kappa shape index (κ1) is 12.5. The van der Waals surface area contributed by atoms with Crippen molar-refractivity contribution >= 4 is 27.3 Å². The molecule has 2 aromatic carbocycles. The van der Waals surface area contributed by atoms with Gasteiger partial charge in [-0.3, -0.25) is 0 Å². The van der Waals surface area contributed by atoms with E-state index in [0.29, 0.717) is 0 Å². The summed E-state index contributed by atoms with van der Waals surface area (Å²) in [5, 5.41) is 0. The number of hydrogen-bond donors (Lipinski definition) is 1. The molecule has 2 N–H and O–H groups in total. The molecule has 0 saturated carbocycles. The zero-order valence-electron chi connectivity index (χ0n) is 11.0. The number of hydrogen-bond acceptors (Lipinski definition) is 2. The molecule has 0 radical (unpaired) electrons. The highest BCUT2D eigenvalue weighted by atomic mass is 79.9. The molecule has 1 aliphatic heterocycles. The van der Waals surface area contributed by atoms with Crippen LogP contribution in [0.5, 0.6) is 0 Å². The standard InChI is InChI=1S/C16H17BrN2/c1-2-11-7-14(17)4-6-16(11)19-9-12-3-5-15(18)8-13(12)10-19/h3-8H,2,9-10,18H2,1H3. The molecule has 0 aliphatic carbocycles. The van der Waals surface area contributed by atoms with E-state index in [2.05, 4.69) is 58.1 Å². The number of nitrogens with two attached hydrogens (primary N) is 1.